The van der Waals surface area contributed by atoms with Gasteiger partial charge in [0.15, 0.2) is 5.82 Å². The number of nitrogens with two attached hydrogens (primary N) is 1. The number of anilines is 1. The summed E-state index contributed by atoms with van der Waals surface area (Å²) in [5.74, 6) is -0.245. The molecule has 0 spiro atoms. The second kappa shape index (κ2) is 5.91. The number of likely N-dealkylation sites (tertiary alicyclic amines) is 1. The van der Waals surface area contributed by atoms with E-state index in [0.717, 1.165) is 18.7 Å². The zero-order valence-corrected chi connectivity index (χ0v) is 12.1. The molecule has 1 aromatic carbocycles. The van der Waals surface area contributed by atoms with Gasteiger partial charge in [-0.05, 0) is 37.4 Å². The molecule has 19 heavy (non-hydrogen) atoms. The average molecular weight is 264 g/mol. The van der Waals surface area contributed by atoms with Gasteiger partial charge in [0, 0.05) is 12.1 Å². The van der Waals surface area contributed by atoms with Gasteiger partial charge in [0.25, 0.3) is 0 Å². The Morgan fingerprint density at radius 2 is 1.84 bits per heavy atom. The molecule has 1 aromatic rings. The third-order valence-electron chi connectivity index (χ3n) is 4.92. The summed E-state index contributed by atoms with van der Waals surface area (Å²) >= 11 is 0. The lowest BCUT2D eigenvalue weighted by Crippen LogP contribution is -2.39. The summed E-state index contributed by atoms with van der Waals surface area (Å²) < 4.78 is 13.9. The van der Waals surface area contributed by atoms with Crippen LogP contribution in [-0.4, -0.2) is 18.0 Å². The Kier molecular flexibility index (Phi) is 4.46. The molecule has 0 aromatic heterocycles. The average Bonchev–Trinajstić information content (AvgIpc) is 2.45. The second-order valence-corrected chi connectivity index (χ2v) is 5.80. The van der Waals surface area contributed by atoms with Crippen LogP contribution < -0.4 is 5.73 Å². The second-order valence-electron chi connectivity index (χ2n) is 5.80. The molecule has 0 amide bonds. The predicted octanol–water partition coefficient (Wildman–Crippen LogP) is 3.81. The number of nitrogens with zero attached hydrogens (tertiary/aromatic N) is 1. The molecule has 0 aliphatic carbocycles. The van der Waals surface area contributed by atoms with E-state index < -0.39 is 0 Å². The van der Waals surface area contributed by atoms with Gasteiger partial charge in [-0.2, -0.15) is 0 Å². The Bertz CT molecular complexity index is 417. The minimum Gasteiger partial charge on any atom is -0.396 e. The van der Waals surface area contributed by atoms with Crippen molar-refractivity contribution in [1.82, 2.24) is 4.90 Å². The fraction of sp³-hybridized carbons (Fsp3) is 0.625. The molecule has 0 atom stereocenters. The number of nitrogen functional groups attached to an aromatic ring is 1. The number of benzene rings is 1. The van der Waals surface area contributed by atoms with Gasteiger partial charge in [0.05, 0.1) is 5.69 Å². The van der Waals surface area contributed by atoms with Crippen LogP contribution in [0.1, 0.15) is 45.1 Å². The highest BCUT2D eigenvalue weighted by atomic mass is 19.1. The number of rotatable bonds is 4. The summed E-state index contributed by atoms with van der Waals surface area (Å²) in [7, 11) is 0. The molecule has 1 heterocycles. The van der Waals surface area contributed by atoms with Crippen molar-refractivity contribution in [3.8, 4) is 0 Å². The molecule has 3 heteroatoms. The van der Waals surface area contributed by atoms with Crippen molar-refractivity contribution >= 4 is 5.69 Å². The van der Waals surface area contributed by atoms with Crippen LogP contribution in [0.25, 0.3) is 0 Å². The van der Waals surface area contributed by atoms with E-state index in [0.29, 0.717) is 12.0 Å². The molecule has 1 aliphatic heterocycles. The molecule has 1 fully saturated rings. The summed E-state index contributed by atoms with van der Waals surface area (Å²) in [5, 5.41) is 0. The first-order chi connectivity index (χ1) is 9.10. The van der Waals surface area contributed by atoms with Gasteiger partial charge in [-0.15, -0.1) is 0 Å². The molecule has 2 N–H and O–H groups in total. The maximum absolute atomic E-state index is 13.9. The molecule has 1 aliphatic rings. The van der Waals surface area contributed by atoms with Crippen LogP contribution >= 0.6 is 0 Å². The maximum Gasteiger partial charge on any atom is 0.150 e. The molecule has 2 rings (SSSR count). The zero-order chi connectivity index (χ0) is 13.9. The number of halogens is 1. The first-order valence-corrected chi connectivity index (χ1v) is 7.35. The summed E-state index contributed by atoms with van der Waals surface area (Å²) in [6.45, 7) is 7.39. The lowest BCUT2D eigenvalue weighted by atomic mass is 9.74. The molecule has 0 radical (unpaired) electrons. The van der Waals surface area contributed by atoms with Crippen LogP contribution in [0.15, 0.2) is 18.2 Å². The number of hydrogen-bond acceptors (Lipinski definition) is 2. The van der Waals surface area contributed by atoms with Crippen LogP contribution in [0.3, 0.4) is 0 Å². The Morgan fingerprint density at radius 3 is 2.42 bits per heavy atom. The van der Waals surface area contributed by atoms with E-state index in [-0.39, 0.29) is 11.5 Å². The molecule has 106 valence electrons. The standard InChI is InChI=1S/C16H25FN2/c1-3-16(4-2)8-10-19(11-9-16)12-13-6-5-7-14(18)15(13)17/h5-7H,3-4,8-12,18H2,1-2H3. The summed E-state index contributed by atoms with van der Waals surface area (Å²) in [6, 6.07) is 5.29. The molecule has 2 nitrogen and oxygen atoms in total. The van der Waals surface area contributed by atoms with Crippen molar-refractivity contribution in [3.63, 3.8) is 0 Å². The quantitative estimate of drug-likeness (QED) is 0.838. The van der Waals surface area contributed by atoms with Gasteiger partial charge in [-0.3, -0.25) is 4.90 Å². The van der Waals surface area contributed by atoms with Crippen LogP contribution in [0.5, 0.6) is 0 Å². The third-order valence-corrected chi connectivity index (χ3v) is 4.92. The van der Waals surface area contributed by atoms with Crippen molar-refractivity contribution in [2.45, 2.75) is 46.1 Å². The zero-order valence-electron chi connectivity index (χ0n) is 12.1. The van der Waals surface area contributed by atoms with Gasteiger partial charge >= 0.3 is 0 Å². The SMILES string of the molecule is CCC1(CC)CCN(Cc2cccc(N)c2F)CC1. The highest BCUT2D eigenvalue weighted by molar-refractivity contribution is 5.42. The van der Waals surface area contributed by atoms with Gasteiger partial charge in [-0.25, -0.2) is 4.39 Å². The molecular weight excluding hydrogens is 239 g/mol. The summed E-state index contributed by atoms with van der Waals surface area (Å²) in [5.41, 5.74) is 7.12. The Labute approximate surface area is 115 Å². The summed E-state index contributed by atoms with van der Waals surface area (Å²) in [6.07, 6.45) is 4.96. The number of piperidine rings is 1. The van der Waals surface area contributed by atoms with E-state index in [9.17, 15) is 4.39 Å². The normalized spacial score (nSPS) is 19.5. The van der Waals surface area contributed by atoms with Gasteiger partial charge < -0.3 is 5.73 Å². The topological polar surface area (TPSA) is 29.3 Å². The third kappa shape index (κ3) is 3.08. The van der Waals surface area contributed by atoms with Crippen molar-refractivity contribution < 1.29 is 4.39 Å². The lowest BCUT2D eigenvalue weighted by molar-refractivity contribution is 0.0902. The highest BCUT2D eigenvalue weighted by Gasteiger charge is 2.31. The van der Waals surface area contributed by atoms with Gasteiger partial charge in [-0.1, -0.05) is 38.8 Å². The maximum atomic E-state index is 13.9. The number of hydrogen-bond donors (Lipinski definition) is 1. The molecule has 1 saturated heterocycles. The van der Waals surface area contributed by atoms with Crippen LogP contribution in [0.4, 0.5) is 10.1 Å². The van der Waals surface area contributed by atoms with Crippen LogP contribution in [-0.2, 0) is 6.54 Å². The molecule has 0 saturated carbocycles. The van der Waals surface area contributed by atoms with E-state index in [4.69, 9.17) is 5.73 Å². The minimum atomic E-state index is -0.245. The molecule has 0 unspecified atom stereocenters. The largest absolute Gasteiger partial charge is 0.396 e. The Balaban J connectivity index is 1.98. The van der Waals surface area contributed by atoms with Crippen LogP contribution in [0.2, 0.25) is 0 Å². The van der Waals surface area contributed by atoms with Gasteiger partial charge in [0.1, 0.15) is 0 Å². The predicted molar refractivity (Wildman–Crippen MR) is 78.3 cm³/mol. The Morgan fingerprint density at radius 1 is 1.21 bits per heavy atom. The van der Waals surface area contributed by atoms with E-state index >= 15 is 0 Å². The smallest absolute Gasteiger partial charge is 0.150 e. The van der Waals surface area contributed by atoms with Crippen molar-refractivity contribution in [3.05, 3.63) is 29.6 Å². The van der Waals surface area contributed by atoms with Gasteiger partial charge in [0.2, 0.25) is 0 Å². The van der Waals surface area contributed by atoms with Crippen molar-refractivity contribution in [1.29, 1.82) is 0 Å². The van der Waals surface area contributed by atoms with E-state index in [2.05, 4.69) is 18.7 Å². The molecule has 0 bridgehead atoms. The highest BCUT2D eigenvalue weighted by Crippen LogP contribution is 2.38. The monoisotopic (exact) mass is 264 g/mol. The van der Waals surface area contributed by atoms with Crippen molar-refractivity contribution in [2.24, 2.45) is 5.41 Å². The first-order valence-electron chi connectivity index (χ1n) is 7.35. The summed E-state index contributed by atoms with van der Waals surface area (Å²) in [4.78, 5) is 2.35. The minimum absolute atomic E-state index is 0.245. The van der Waals surface area contributed by atoms with Crippen LogP contribution in [0, 0.1) is 11.2 Å². The lowest BCUT2D eigenvalue weighted by Gasteiger charge is -2.41. The van der Waals surface area contributed by atoms with E-state index in [1.165, 1.54) is 25.7 Å². The fourth-order valence-corrected chi connectivity index (χ4v) is 3.11. The Hall–Kier alpha value is -1.09. The molecular formula is C16H25FN2. The van der Waals surface area contributed by atoms with E-state index in [1.807, 2.05) is 12.1 Å². The van der Waals surface area contributed by atoms with E-state index in [1.54, 1.807) is 6.07 Å². The first kappa shape index (κ1) is 14.3. The fourth-order valence-electron chi connectivity index (χ4n) is 3.11. The van der Waals surface area contributed by atoms with Crippen molar-refractivity contribution in [2.75, 3.05) is 18.8 Å².